The molecule has 0 saturated carbocycles. The Morgan fingerprint density at radius 3 is 2.52 bits per heavy atom. The fourth-order valence-corrected chi connectivity index (χ4v) is 3.55. The molecule has 3 aromatic rings. The number of carbonyl (C=O) groups is 1. The van der Waals surface area contributed by atoms with Gasteiger partial charge in [0.2, 0.25) is 0 Å². The molecule has 0 unspecified atom stereocenters. The fourth-order valence-electron chi connectivity index (χ4n) is 1.93. The average molecular weight is 345 g/mol. The van der Waals surface area contributed by atoms with Gasteiger partial charge >= 0.3 is 0 Å². The Bertz CT molecular complexity index is 818. The van der Waals surface area contributed by atoms with E-state index in [2.05, 4.69) is 15.3 Å². The summed E-state index contributed by atoms with van der Waals surface area (Å²) < 4.78 is 5.14. The quantitative estimate of drug-likeness (QED) is 0.772. The van der Waals surface area contributed by atoms with Gasteiger partial charge in [-0.3, -0.25) is 10.1 Å². The number of benzene rings is 1. The van der Waals surface area contributed by atoms with Crippen molar-refractivity contribution >= 4 is 33.7 Å². The first-order valence-electron chi connectivity index (χ1n) is 6.92. The lowest BCUT2D eigenvalue weighted by molar-refractivity contribution is 0.102. The number of aryl methyl sites for hydroxylation is 2. The first-order valence-corrected chi connectivity index (χ1v) is 8.62. The van der Waals surface area contributed by atoms with Crippen LogP contribution in [0.3, 0.4) is 0 Å². The number of methoxy groups -OCH3 is 1. The normalized spacial score (nSPS) is 10.6. The Labute approximate surface area is 142 Å². The topological polar surface area (TPSA) is 64.1 Å². The van der Waals surface area contributed by atoms with Gasteiger partial charge in [-0.15, -0.1) is 22.7 Å². The fraction of sp³-hybridized carbons (Fsp3) is 0.188. The van der Waals surface area contributed by atoms with Crippen LogP contribution < -0.4 is 10.1 Å². The van der Waals surface area contributed by atoms with Crippen molar-refractivity contribution in [3.8, 4) is 16.3 Å². The minimum Gasteiger partial charge on any atom is -0.497 e. The van der Waals surface area contributed by atoms with Crippen LogP contribution in [0.1, 0.15) is 21.1 Å². The molecule has 3 rings (SSSR count). The van der Waals surface area contributed by atoms with Crippen LogP contribution in [-0.4, -0.2) is 23.0 Å². The lowest BCUT2D eigenvalue weighted by atomic mass is 10.2. The largest absolute Gasteiger partial charge is 0.497 e. The zero-order valence-electron chi connectivity index (χ0n) is 12.9. The van der Waals surface area contributed by atoms with Crippen LogP contribution in [0.4, 0.5) is 5.13 Å². The molecule has 118 valence electrons. The van der Waals surface area contributed by atoms with E-state index in [1.807, 2.05) is 38.1 Å². The molecule has 0 saturated heterocycles. The lowest BCUT2D eigenvalue weighted by Crippen LogP contribution is -2.12. The smallest absolute Gasteiger partial charge is 0.276 e. The molecule has 1 amide bonds. The van der Waals surface area contributed by atoms with E-state index in [1.165, 1.54) is 22.7 Å². The number of nitrogens with zero attached hydrogens (tertiary/aromatic N) is 2. The molecule has 23 heavy (non-hydrogen) atoms. The summed E-state index contributed by atoms with van der Waals surface area (Å²) in [4.78, 5) is 22.1. The number of hydrogen-bond donors (Lipinski definition) is 1. The van der Waals surface area contributed by atoms with Gasteiger partial charge in [-0.25, -0.2) is 9.97 Å². The third-order valence-corrected chi connectivity index (χ3v) is 5.20. The van der Waals surface area contributed by atoms with Crippen LogP contribution in [0.5, 0.6) is 5.75 Å². The van der Waals surface area contributed by atoms with E-state index in [-0.39, 0.29) is 5.91 Å². The Kier molecular flexibility index (Phi) is 4.40. The predicted octanol–water partition coefficient (Wildman–Crippen LogP) is 4.14. The molecule has 7 heteroatoms. The number of amides is 1. The minimum absolute atomic E-state index is 0.241. The zero-order valence-corrected chi connectivity index (χ0v) is 14.5. The average Bonchev–Trinajstić information content (AvgIpc) is 3.15. The number of hydrogen-bond acceptors (Lipinski definition) is 6. The van der Waals surface area contributed by atoms with E-state index >= 15 is 0 Å². The van der Waals surface area contributed by atoms with E-state index in [4.69, 9.17) is 4.74 Å². The highest BCUT2D eigenvalue weighted by Crippen LogP contribution is 2.27. The summed E-state index contributed by atoms with van der Waals surface area (Å²) in [6, 6.07) is 7.59. The van der Waals surface area contributed by atoms with E-state index in [0.29, 0.717) is 10.8 Å². The van der Waals surface area contributed by atoms with Crippen molar-refractivity contribution in [3.63, 3.8) is 0 Å². The van der Waals surface area contributed by atoms with Crippen molar-refractivity contribution in [3.05, 3.63) is 45.9 Å². The van der Waals surface area contributed by atoms with E-state index in [1.54, 1.807) is 12.5 Å². The summed E-state index contributed by atoms with van der Waals surface area (Å²) >= 11 is 2.90. The number of nitrogens with one attached hydrogen (secondary N) is 1. The molecule has 2 heterocycles. The molecule has 0 atom stereocenters. The molecule has 0 fully saturated rings. The number of ether oxygens (including phenoxy) is 1. The van der Waals surface area contributed by atoms with Crippen LogP contribution >= 0.6 is 22.7 Å². The monoisotopic (exact) mass is 345 g/mol. The molecular formula is C16H15N3O2S2. The summed E-state index contributed by atoms with van der Waals surface area (Å²) in [6.45, 7) is 3.90. The second-order valence-corrected chi connectivity index (χ2v) is 6.94. The number of thiazole rings is 2. The second kappa shape index (κ2) is 6.47. The van der Waals surface area contributed by atoms with E-state index in [9.17, 15) is 4.79 Å². The Morgan fingerprint density at radius 1 is 1.17 bits per heavy atom. The summed E-state index contributed by atoms with van der Waals surface area (Å²) in [5.74, 6) is 0.549. The third-order valence-electron chi connectivity index (χ3n) is 3.32. The molecule has 0 bridgehead atoms. The van der Waals surface area contributed by atoms with Gasteiger partial charge in [-0.2, -0.15) is 0 Å². The zero-order chi connectivity index (χ0) is 16.4. The van der Waals surface area contributed by atoms with Gasteiger partial charge in [0.1, 0.15) is 16.5 Å². The summed E-state index contributed by atoms with van der Waals surface area (Å²) in [5.41, 5.74) is 2.28. The van der Waals surface area contributed by atoms with Gasteiger partial charge in [0, 0.05) is 15.8 Å². The van der Waals surface area contributed by atoms with Gasteiger partial charge < -0.3 is 4.74 Å². The Balaban J connectivity index is 1.76. The SMILES string of the molecule is COc1ccc(-c2nc(C(=O)Nc3nc(C)c(C)s3)cs2)cc1. The Hall–Kier alpha value is -2.25. The van der Waals surface area contributed by atoms with E-state index < -0.39 is 0 Å². The van der Waals surface area contributed by atoms with Crippen molar-refractivity contribution < 1.29 is 9.53 Å². The number of aromatic nitrogens is 2. The van der Waals surface area contributed by atoms with Gasteiger partial charge in [0.25, 0.3) is 5.91 Å². The molecule has 0 aliphatic carbocycles. The van der Waals surface area contributed by atoms with Crippen LogP contribution in [0, 0.1) is 13.8 Å². The first kappa shape index (κ1) is 15.6. The number of carbonyl (C=O) groups excluding carboxylic acids is 1. The summed E-state index contributed by atoms with van der Waals surface area (Å²) in [6.07, 6.45) is 0. The molecule has 0 aliphatic rings. The molecular weight excluding hydrogens is 330 g/mol. The van der Waals surface area contributed by atoms with Gasteiger partial charge in [0.15, 0.2) is 5.13 Å². The number of rotatable bonds is 4. The van der Waals surface area contributed by atoms with Crippen molar-refractivity contribution in [2.24, 2.45) is 0 Å². The maximum absolute atomic E-state index is 12.3. The first-order chi connectivity index (χ1) is 11.1. The van der Waals surface area contributed by atoms with Gasteiger partial charge in [-0.1, -0.05) is 0 Å². The van der Waals surface area contributed by atoms with Crippen LogP contribution in [0.25, 0.3) is 10.6 Å². The maximum Gasteiger partial charge on any atom is 0.276 e. The van der Waals surface area contributed by atoms with Crippen molar-refractivity contribution in [2.45, 2.75) is 13.8 Å². The number of anilines is 1. The maximum atomic E-state index is 12.3. The van der Waals surface area contributed by atoms with Gasteiger partial charge in [-0.05, 0) is 38.1 Å². The highest BCUT2D eigenvalue weighted by Gasteiger charge is 2.14. The molecule has 0 spiro atoms. The van der Waals surface area contributed by atoms with Crippen molar-refractivity contribution in [2.75, 3.05) is 12.4 Å². The highest BCUT2D eigenvalue weighted by atomic mass is 32.1. The molecule has 0 aliphatic heterocycles. The molecule has 1 N–H and O–H groups in total. The Morgan fingerprint density at radius 2 is 1.91 bits per heavy atom. The molecule has 2 aromatic heterocycles. The molecule has 1 aromatic carbocycles. The van der Waals surface area contributed by atoms with Crippen molar-refractivity contribution in [1.29, 1.82) is 0 Å². The molecule has 0 radical (unpaired) electrons. The van der Waals surface area contributed by atoms with Crippen molar-refractivity contribution in [1.82, 2.24) is 9.97 Å². The van der Waals surface area contributed by atoms with Crippen LogP contribution in [0.2, 0.25) is 0 Å². The van der Waals surface area contributed by atoms with Gasteiger partial charge in [0.05, 0.1) is 12.8 Å². The third kappa shape index (κ3) is 3.40. The lowest BCUT2D eigenvalue weighted by Gasteiger charge is -2.00. The highest BCUT2D eigenvalue weighted by molar-refractivity contribution is 7.16. The second-order valence-electron chi connectivity index (χ2n) is 4.88. The predicted molar refractivity (Wildman–Crippen MR) is 93.6 cm³/mol. The van der Waals surface area contributed by atoms with E-state index in [0.717, 1.165) is 26.9 Å². The minimum atomic E-state index is -0.241. The summed E-state index contributed by atoms with van der Waals surface area (Å²) in [7, 11) is 1.63. The van der Waals surface area contributed by atoms with Crippen LogP contribution in [-0.2, 0) is 0 Å². The standard InChI is InChI=1S/C16H15N3O2S2/c1-9-10(2)23-16(17-9)19-14(20)13-8-22-15(18-13)11-4-6-12(21-3)7-5-11/h4-8H,1-3H3,(H,17,19,20). The summed E-state index contributed by atoms with van der Waals surface area (Å²) in [5, 5.41) is 5.94. The molecule has 5 nitrogen and oxygen atoms in total. The van der Waals surface area contributed by atoms with Crippen LogP contribution in [0.15, 0.2) is 29.6 Å².